The Bertz CT molecular complexity index is 1210. The van der Waals surface area contributed by atoms with Crippen molar-refractivity contribution in [2.75, 3.05) is 23.7 Å². The van der Waals surface area contributed by atoms with Crippen LogP contribution >= 0.6 is 23.2 Å². The number of hydrogen-bond donors (Lipinski definition) is 1. The van der Waals surface area contributed by atoms with Crippen LogP contribution in [0.3, 0.4) is 0 Å². The normalized spacial score (nSPS) is 12.9. The summed E-state index contributed by atoms with van der Waals surface area (Å²) in [7, 11) is -3.65. The number of halogens is 2. The largest absolute Gasteiger partial charge is 0.492 e. The highest BCUT2D eigenvalue weighted by molar-refractivity contribution is 7.92. The summed E-state index contributed by atoms with van der Waals surface area (Å²) >= 11 is 12.4. The molecule has 0 aromatic heterocycles. The first-order chi connectivity index (χ1) is 17.9. The molecule has 0 radical (unpaired) electrons. The van der Waals surface area contributed by atoms with E-state index in [2.05, 4.69) is 5.32 Å². The monoisotopic (exact) mass is 585 g/mol. The average molecular weight is 587 g/mol. The van der Waals surface area contributed by atoms with Crippen molar-refractivity contribution < 1.29 is 22.7 Å². The highest BCUT2D eigenvalue weighted by atomic mass is 35.5. The first-order valence-corrected chi connectivity index (χ1v) is 15.2. The van der Waals surface area contributed by atoms with E-state index in [0.717, 1.165) is 12.7 Å². The zero-order valence-electron chi connectivity index (χ0n) is 22.5. The van der Waals surface area contributed by atoms with Crippen LogP contribution in [0.15, 0.2) is 42.5 Å². The number of rotatable bonds is 14. The third kappa shape index (κ3) is 9.06. The molecule has 0 aliphatic rings. The number of para-hydroxylation sites is 2. The standard InChI is InChI=1S/C27H37Cl2N3O5S/c1-6-19(3)30-27(34)20(4)31(18-21-14-15-22(28)17-23(21)29)26(33)13-10-16-32(38(5,35)36)24-11-8-9-12-25(24)37-7-2/h8-9,11-12,14-15,17,19-20H,6-7,10,13,16,18H2,1-5H3,(H,30,34). The SMILES string of the molecule is CCOc1ccccc1N(CCCC(=O)N(Cc1ccc(Cl)cc1Cl)C(C)C(=O)NC(C)CC)S(C)(=O)=O. The van der Waals surface area contributed by atoms with Crippen molar-refractivity contribution in [3.8, 4) is 5.75 Å². The van der Waals surface area contributed by atoms with E-state index in [1.807, 2.05) is 20.8 Å². The fraction of sp³-hybridized carbons (Fsp3) is 0.481. The van der Waals surface area contributed by atoms with Crippen LogP contribution < -0.4 is 14.4 Å². The van der Waals surface area contributed by atoms with Crippen molar-refractivity contribution in [1.29, 1.82) is 0 Å². The molecule has 210 valence electrons. The Morgan fingerprint density at radius 3 is 2.37 bits per heavy atom. The van der Waals surface area contributed by atoms with E-state index in [4.69, 9.17) is 27.9 Å². The summed E-state index contributed by atoms with van der Waals surface area (Å²) in [6, 6.07) is 11.0. The van der Waals surface area contributed by atoms with Crippen molar-refractivity contribution in [1.82, 2.24) is 10.2 Å². The maximum atomic E-state index is 13.4. The van der Waals surface area contributed by atoms with Gasteiger partial charge < -0.3 is 15.0 Å². The number of carbonyl (C=O) groups excluding carboxylic acids is 2. The van der Waals surface area contributed by atoms with Gasteiger partial charge in [-0.15, -0.1) is 0 Å². The van der Waals surface area contributed by atoms with Crippen molar-refractivity contribution in [3.05, 3.63) is 58.1 Å². The second-order valence-corrected chi connectivity index (χ2v) is 11.8. The summed E-state index contributed by atoms with van der Waals surface area (Å²) in [5.41, 5.74) is 1.06. The molecule has 0 aliphatic heterocycles. The lowest BCUT2D eigenvalue weighted by molar-refractivity contribution is -0.140. The van der Waals surface area contributed by atoms with Gasteiger partial charge in [0.2, 0.25) is 21.8 Å². The second kappa shape index (κ2) is 14.6. The number of ether oxygens (including phenoxy) is 1. The lowest BCUT2D eigenvalue weighted by Gasteiger charge is -2.30. The van der Waals surface area contributed by atoms with Crippen LogP contribution in [0.1, 0.15) is 52.5 Å². The molecule has 2 unspecified atom stereocenters. The molecule has 0 saturated carbocycles. The molecule has 2 aromatic carbocycles. The third-order valence-corrected chi connectivity index (χ3v) is 7.88. The highest BCUT2D eigenvalue weighted by Crippen LogP contribution is 2.30. The van der Waals surface area contributed by atoms with E-state index in [1.165, 1.54) is 9.21 Å². The molecule has 0 aliphatic carbocycles. The number of nitrogens with one attached hydrogen (secondary N) is 1. The van der Waals surface area contributed by atoms with Crippen molar-refractivity contribution in [3.63, 3.8) is 0 Å². The van der Waals surface area contributed by atoms with Gasteiger partial charge in [0, 0.05) is 35.6 Å². The number of sulfonamides is 1. The maximum absolute atomic E-state index is 13.4. The van der Waals surface area contributed by atoms with Crippen molar-refractivity contribution in [2.24, 2.45) is 0 Å². The number of anilines is 1. The Morgan fingerprint density at radius 2 is 1.76 bits per heavy atom. The molecule has 8 nitrogen and oxygen atoms in total. The van der Waals surface area contributed by atoms with E-state index < -0.39 is 16.1 Å². The van der Waals surface area contributed by atoms with Crippen LogP contribution in [0.25, 0.3) is 0 Å². The molecular formula is C27H37Cl2N3O5S. The van der Waals surface area contributed by atoms with Gasteiger partial charge in [0.15, 0.2) is 0 Å². The average Bonchev–Trinajstić information content (AvgIpc) is 2.85. The van der Waals surface area contributed by atoms with E-state index in [9.17, 15) is 18.0 Å². The molecule has 2 amide bonds. The number of hydrogen-bond acceptors (Lipinski definition) is 5. The molecule has 11 heteroatoms. The minimum absolute atomic E-state index is 0.0228. The Balaban J connectivity index is 2.25. The van der Waals surface area contributed by atoms with E-state index in [1.54, 1.807) is 49.4 Å². The first kappa shape index (κ1) is 31.7. The van der Waals surface area contributed by atoms with Crippen LogP contribution in [0, 0.1) is 0 Å². The third-order valence-electron chi connectivity index (χ3n) is 6.11. The Kier molecular flexibility index (Phi) is 12.2. The van der Waals surface area contributed by atoms with Crippen LogP contribution in [-0.2, 0) is 26.2 Å². The smallest absolute Gasteiger partial charge is 0.242 e. The second-order valence-electron chi connectivity index (χ2n) is 9.09. The van der Waals surface area contributed by atoms with E-state index in [0.29, 0.717) is 33.7 Å². The van der Waals surface area contributed by atoms with Gasteiger partial charge >= 0.3 is 0 Å². The van der Waals surface area contributed by atoms with Gasteiger partial charge in [-0.1, -0.05) is 48.3 Å². The maximum Gasteiger partial charge on any atom is 0.242 e. The molecule has 0 bridgehead atoms. The number of amides is 2. The van der Waals surface area contributed by atoms with E-state index in [-0.39, 0.29) is 43.8 Å². The lowest BCUT2D eigenvalue weighted by Crippen LogP contribution is -2.49. The van der Waals surface area contributed by atoms with Gasteiger partial charge in [-0.3, -0.25) is 13.9 Å². The highest BCUT2D eigenvalue weighted by Gasteiger charge is 2.28. The van der Waals surface area contributed by atoms with Crippen LogP contribution in [0.4, 0.5) is 5.69 Å². The fourth-order valence-corrected chi connectivity index (χ4v) is 5.24. The summed E-state index contributed by atoms with van der Waals surface area (Å²) in [5.74, 6) is -0.128. The molecule has 0 fully saturated rings. The van der Waals surface area contributed by atoms with Crippen LogP contribution in [0.5, 0.6) is 5.75 Å². The molecule has 0 saturated heterocycles. The van der Waals surface area contributed by atoms with Crippen molar-refractivity contribution >= 4 is 50.7 Å². The van der Waals surface area contributed by atoms with Gasteiger partial charge in [-0.2, -0.15) is 0 Å². The topological polar surface area (TPSA) is 96.0 Å². The molecule has 0 heterocycles. The van der Waals surface area contributed by atoms with Crippen LogP contribution in [0.2, 0.25) is 10.0 Å². The lowest BCUT2D eigenvalue weighted by atomic mass is 10.1. The summed E-state index contributed by atoms with van der Waals surface area (Å²) in [6.45, 7) is 7.90. The Hall–Kier alpha value is -2.49. The molecule has 0 spiro atoms. The Morgan fingerprint density at radius 1 is 1.08 bits per heavy atom. The summed E-state index contributed by atoms with van der Waals surface area (Å²) in [5, 5.41) is 3.77. The number of benzene rings is 2. The number of carbonyl (C=O) groups is 2. The fourth-order valence-electron chi connectivity index (χ4n) is 3.80. The predicted octanol–water partition coefficient (Wildman–Crippen LogP) is 5.27. The summed E-state index contributed by atoms with van der Waals surface area (Å²) in [6.07, 6.45) is 2.12. The van der Waals surface area contributed by atoms with Crippen molar-refractivity contribution in [2.45, 2.75) is 65.6 Å². The first-order valence-electron chi connectivity index (χ1n) is 12.6. The van der Waals surface area contributed by atoms with Crippen LogP contribution in [-0.4, -0.2) is 56.6 Å². The molecule has 1 N–H and O–H groups in total. The summed E-state index contributed by atoms with van der Waals surface area (Å²) < 4.78 is 32.1. The molecule has 2 atom stereocenters. The zero-order chi connectivity index (χ0) is 28.5. The van der Waals surface area contributed by atoms with Gasteiger partial charge in [-0.05, 0) is 63.4 Å². The number of nitrogens with zero attached hydrogens (tertiary/aromatic N) is 2. The Labute approximate surface area is 236 Å². The van der Waals surface area contributed by atoms with Gasteiger partial charge in [0.05, 0.1) is 18.6 Å². The predicted molar refractivity (Wildman–Crippen MR) is 153 cm³/mol. The van der Waals surface area contributed by atoms with Gasteiger partial charge in [-0.25, -0.2) is 8.42 Å². The molecule has 2 aromatic rings. The van der Waals surface area contributed by atoms with Gasteiger partial charge in [0.25, 0.3) is 0 Å². The summed E-state index contributed by atoms with van der Waals surface area (Å²) in [4.78, 5) is 27.8. The molecular weight excluding hydrogens is 549 g/mol. The zero-order valence-corrected chi connectivity index (χ0v) is 24.9. The molecule has 38 heavy (non-hydrogen) atoms. The minimum Gasteiger partial charge on any atom is -0.492 e. The van der Waals surface area contributed by atoms with Gasteiger partial charge in [0.1, 0.15) is 11.8 Å². The molecule has 2 rings (SSSR count). The quantitative estimate of drug-likeness (QED) is 0.326. The minimum atomic E-state index is -3.65. The van der Waals surface area contributed by atoms with E-state index >= 15 is 0 Å².